The summed E-state index contributed by atoms with van der Waals surface area (Å²) in [6.45, 7) is 4.95. The summed E-state index contributed by atoms with van der Waals surface area (Å²) in [4.78, 5) is 20.5. The van der Waals surface area contributed by atoms with Gasteiger partial charge in [-0.2, -0.15) is 5.10 Å². The second-order valence-electron chi connectivity index (χ2n) is 8.69. The molecule has 1 atom stereocenters. The molecule has 3 aromatic rings. The van der Waals surface area contributed by atoms with Gasteiger partial charge in [0.2, 0.25) is 0 Å². The molecule has 2 fully saturated rings. The van der Waals surface area contributed by atoms with E-state index in [1.54, 1.807) is 24.1 Å². The number of methoxy groups -OCH3 is 1. The zero-order valence-electron chi connectivity index (χ0n) is 19.2. The Morgan fingerprint density at radius 3 is 2.85 bits per heavy atom. The van der Waals surface area contributed by atoms with E-state index in [0.29, 0.717) is 56.3 Å². The normalized spacial score (nSPS) is 20.8. The lowest BCUT2D eigenvalue weighted by Crippen LogP contribution is -2.39. The number of hydrogen-bond donors (Lipinski definition) is 2. The quantitative estimate of drug-likeness (QED) is 0.539. The number of carbonyl (C=O) groups excluding carboxylic acids is 1. The molecule has 0 aliphatic carbocycles. The van der Waals surface area contributed by atoms with Crippen LogP contribution in [-0.2, 0) is 19.8 Å². The average molecular weight is 469 g/mol. The second-order valence-corrected chi connectivity index (χ2v) is 8.69. The van der Waals surface area contributed by atoms with Crippen molar-refractivity contribution < 1.29 is 23.7 Å². The van der Waals surface area contributed by atoms with Gasteiger partial charge in [0.05, 0.1) is 43.3 Å². The molecule has 5 heterocycles. The van der Waals surface area contributed by atoms with Crippen molar-refractivity contribution in [2.75, 3.05) is 45.5 Å². The predicted molar refractivity (Wildman–Crippen MR) is 123 cm³/mol. The number of primary amides is 1. The van der Waals surface area contributed by atoms with E-state index in [2.05, 4.69) is 10.3 Å². The highest BCUT2D eigenvalue weighted by Crippen LogP contribution is 2.36. The first-order valence-electron chi connectivity index (χ1n) is 11.3. The lowest BCUT2D eigenvalue weighted by Gasteiger charge is -2.35. The molecule has 0 bridgehead atoms. The summed E-state index contributed by atoms with van der Waals surface area (Å²) in [5.41, 5.74) is 6.82. The summed E-state index contributed by atoms with van der Waals surface area (Å²) < 4.78 is 24.9. The van der Waals surface area contributed by atoms with Crippen molar-refractivity contribution in [1.82, 2.24) is 19.7 Å². The van der Waals surface area contributed by atoms with Crippen molar-refractivity contribution in [3.63, 3.8) is 0 Å². The standard InChI is InChI=1S/C23H28N6O5/c1-14-17-9-25-20(27-22(24)30)8-18(17)29(28-14)21-7-16(34-12-15-10-33-11-15)6-19(26-21)23(31-2)4-3-5-32-13-23/h6-9,15H,3-5,10-13H2,1-2H3,(H3,24,25,27,30). The van der Waals surface area contributed by atoms with Crippen LogP contribution < -0.4 is 15.8 Å². The number of pyridine rings is 2. The minimum atomic E-state index is -0.690. The molecule has 0 radical (unpaired) electrons. The molecular formula is C23H28N6O5. The summed E-state index contributed by atoms with van der Waals surface area (Å²) >= 11 is 0. The number of nitrogens with two attached hydrogens (primary N) is 1. The minimum absolute atomic E-state index is 0.327. The van der Waals surface area contributed by atoms with E-state index < -0.39 is 11.6 Å². The van der Waals surface area contributed by atoms with E-state index in [1.807, 2.05) is 19.1 Å². The summed E-state index contributed by atoms with van der Waals surface area (Å²) in [7, 11) is 1.68. The number of ether oxygens (including phenoxy) is 4. The number of nitrogens with zero attached hydrogens (tertiary/aromatic N) is 4. The number of urea groups is 1. The Balaban J connectivity index is 1.60. The van der Waals surface area contributed by atoms with E-state index in [1.165, 1.54) is 0 Å². The SMILES string of the molecule is COC1(c2cc(OCC3COC3)cc(-n3nc(C)c4cnc(NC(N)=O)cc43)n2)CCCOC1. The highest BCUT2D eigenvalue weighted by atomic mass is 16.5. The van der Waals surface area contributed by atoms with Gasteiger partial charge in [-0.05, 0) is 19.8 Å². The maximum atomic E-state index is 11.3. The monoisotopic (exact) mass is 468 g/mol. The summed E-state index contributed by atoms with van der Waals surface area (Å²) in [6, 6.07) is 4.80. The highest BCUT2D eigenvalue weighted by molar-refractivity contribution is 5.90. The van der Waals surface area contributed by atoms with Crippen molar-refractivity contribution in [2.45, 2.75) is 25.4 Å². The van der Waals surface area contributed by atoms with Crippen LogP contribution in [0.5, 0.6) is 5.75 Å². The van der Waals surface area contributed by atoms with Crippen LogP contribution in [0.25, 0.3) is 16.7 Å². The van der Waals surface area contributed by atoms with E-state index in [0.717, 1.165) is 35.1 Å². The molecule has 3 aromatic heterocycles. The number of aryl methyl sites for hydroxylation is 1. The Labute approximate surface area is 196 Å². The summed E-state index contributed by atoms with van der Waals surface area (Å²) in [5, 5.41) is 8.05. The van der Waals surface area contributed by atoms with Crippen molar-refractivity contribution in [3.8, 4) is 11.6 Å². The first-order valence-corrected chi connectivity index (χ1v) is 11.3. The molecule has 2 saturated heterocycles. The molecule has 0 saturated carbocycles. The number of hydrogen-bond acceptors (Lipinski definition) is 8. The third-order valence-corrected chi connectivity index (χ3v) is 6.26. The molecule has 11 heteroatoms. The van der Waals surface area contributed by atoms with Crippen LogP contribution in [0.15, 0.2) is 24.4 Å². The van der Waals surface area contributed by atoms with Gasteiger partial charge >= 0.3 is 6.03 Å². The van der Waals surface area contributed by atoms with E-state index >= 15 is 0 Å². The highest BCUT2D eigenvalue weighted by Gasteiger charge is 2.37. The molecule has 0 spiro atoms. The Hall–Kier alpha value is -3.28. The first-order chi connectivity index (χ1) is 16.5. The molecule has 1 unspecified atom stereocenters. The van der Waals surface area contributed by atoms with Gasteiger partial charge in [-0.3, -0.25) is 5.32 Å². The van der Waals surface area contributed by atoms with Gasteiger partial charge in [0.25, 0.3) is 0 Å². The Bertz CT molecular complexity index is 1200. The maximum absolute atomic E-state index is 11.3. The van der Waals surface area contributed by atoms with Gasteiger partial charge in [-0.1, -0.05) is 0 Å². The molecule has 2 aliphatic rings. The van der Waals surface area contributed by atoms with Gasteiger partial charge in [0.1, 0.15) is 17.2 Å². The van der Waals surface area contributed by atoms with Crippen LogP contribution in [-0.4, -0.2) is 65.9 Å². The van der Waals surface area contributed by atoms with Gasteiger partial charge in [0, 0.05) is 49.4 Å². The lowest BCUT2D eigenvalue weighted by molar-refractivity contribution is -0.117. The fraction of sp³-hybridized carbons (Fsp3) is 0.478. The number of anilines is 1. The third-order valence-electron chi connectivity index (χ3n) is 6.26. The number of carbonyl (C=O) groups is 1. The molecule has 180 valence electrons. The van der Waals surface area contributed by atoms with Crippen molar-refractivity contribution in [3.05, 3.63) is 35.8 Å². The van der Waals surface area contributed by atoms with Gasteiger partial charge < -0.3 is 24.7 Å². The number of fused-ring (bicyclic) bond motifs is 1. The maximum Gasteiger partial charge on any atom is 0.317 e. The zero-order valence-corrected chi connectivity index (χ0v) is 19.2. The third kappa shape index (κ3) is 4.29. The van der Waals surface area contributed by atoms with E-state index in [4.69, 9.17) is 34.8 Å². The molecule has 3 N–H and O–H groups in total. The molecule has 5 rings (SSSR count). The number of nitrogens with one attached hydrogen (secondary N) is 1. The molecular weight excluding hydrogens is 440 g/mol. The number of amides is 2. The predicted octanol–water partition coefficient (Wildman–Crippen LogP) is 2.29. The molecule has 2 amide bonds. The topological polar surface area (TPSA) is 136 Å². The fourth-order valence-electron chi connectivity index (χ4n) is 4.27. The smallest absolute Gasteiger partial charge is 0.317 e. The van der Waals surface area contributed by atoms with E-state index in [-0.39, 0.29) is 0 Å². The largest absolute Gasteiger partial charge is 0.493 e. The van der Waals surface area contributed by atoms with Crippen LogP contribution in [0.1, 0.15) is 24.2 Å². The molecule has 11 nitrogen and oxygen atoms in total. The van der Waals surface area contributed by atoms with Crippen LogP contribution in [0.3, 0.4) is 0 Å². The zero-order chi connectivity index (χ0) is 23.7. The second kappa shape index (κ2) is 9.16. The van der Waals surface area contributed by atoms with Gasteiger partial charge in [-0.15, -0.1) is 0 Å². The Morgan fingerprint density at radius 2 is 2.18 bits per heavy atom. The van der Waals surface area contributed by atoms with Crippen molar-refractivity contribution in [2.24, 2.45) is 11.7 Å². The summed E-state index contributed by atoms with van der Waals surface area (Å²) in [6.07, 6.45) is 3.31. The van der Waals surface area contributed by atoms with Crippen LogP contribution in [0.4, 0.5) is 10.6 Å². The number of aromatic nitrogens is 4. The fourth-order valence-corrected chi connectivity index (χ4v) is 4.27. The molecule has 34 heavy (non-hydrogen) atoms. The van der Waals surface area contributed by atoms with E-state index in [9.17, 15) is 4.79 Å². The Kier molecular flexibility index (Phi) is 6.07. The van der Waals surface area contributed by atoms with Crippen LogP contribution >= 0.6 is 0 Å². The number of rotatable bonds is 7. The first kappa shape index (κ1) is 22.5. The molecule has 2 aliphatic heterocycles. The van der Waals surface area contributed by atoms with Crippen molar-refractivity contribution in [1.29, 1.82) is 0 Å². The van der Waals surface area contributed by atoms with Gasteiger partial charge in [-0.25, -0.2) is 19.4 Å². The van der Waals surface area contributed by atoms with Gasteiger partial charge in [0.15, 0.2) is 5.82 Å². The summed E-state index contributed by atoms with van der Waals surface area (Å²) in [5.74, 6) is 1.93. The lowest BCUT2D eigenvalue weighted by atomic mass is 9.92. The van der Waals surface area contributed by atoms with Crippen LogP contribution in [0.2, 0.25) is 0 Å². The minimum Gasteiger partial charge on any atom is -0.493 e. The van der Waals surface area contributed by atoms with Crippen LogP contribution in [0, 0.1) is 12.8 Å². The average Bonchev–Trinajstić information content (AvgIpc) is 3.13. The van der Waals surface area contributed by atoms with Crippen molar-refractivity contribution >= 4 is 22.8 Å². The Morgan fingerprint density at radius 1 is 1.32 bits per heavy atom. The molecule has 0 aromatic carbocycles.